The smallest absolute Gasteiger partial charge is 0.336 e. The number of hydrogen-bond acceptors (Lipinski definition) is 4. The third kappa shape index (κ3) is 4.03. The molecular weight excluding hydrogens is 393 g/mol. The van der Waals surface area contributed by atoms with Gasteiger partial charge in [0.15, 0.2) is 0 Å². The molecule has 3 rings (SSSR count). The lowest BCUT2D eigenvalue weighted by Crippen LogP contribution is -2.43. The number of thiophene rings is 1. The third-order valence-corrected chi connectivity index (χ3v) is 5.68. The number of halogens is 1. The lowest BCUT2D eigenvalue weighted by molar-refractivity contribution is -0.131. The Morgan fingerprint density at radius 2 is 1.83 bits per heavy atom. The van der Waals surface area contributed by atoms with Crippen molar-refractivity contribution in [2.45, 2.75) is 40.2 Å². The second-order valence-corrected chi connectivity index (χ2v) is 7.87. The molecule has 0 fully saturated rings. The van der Waals surface area contributed by atoms with Gasteiger partial charge in [-0.15, -0.1) is 11.3 Å². The van der Waals surface area contributed by atoms with Crippen LogP contribution in [0, 0.1) is 12.7 Å². The van der Waals surface area contributed by atoms with Crippen LogP contribution in [-0.4, -0.2) is 33.0 Å². The van der Waals surface area contributed by atoms with E-state index in [1.807, 2.05) is 13.8 Å². The fourth-order valence-electron chi connectivity index (χ4n) is 3.46. The molecular formula is C21H24FN3O3S. The zero-order chi connectivity index (χ0) is 21.1. The summed E-state index contributed by atoms with van der Waals surface area (Å²) in [4.78, 5) is 40.9. The molecule has 0 saturated carbocycles. The quantitative estimate of drug-likeness (QED) is 0.592. The molecule has 8 heteroatoms. The van der Waals surface area contributed by atoms with E-state index in [1.165, 1.54) is 34.1 Å². The van der Waals surface area contributed by atoms with Crippen LogP contribution in [0.25, 0.3) is 15.9 Å². The van der Waals surface area contributed by atoms with Crippen molar-refractivity contribution in [2.75, 3.05) is 13.1 Å². The second-order valence-electron chi connectivity index (χ2n) is 6.96. The van der Waals surface area contributed by atoms with Gasteiger partial charge in [-0.2, -0.15) is 0 Å². The first-order valence-corrected chi connectivity index (χ1v) is 10.5. The summed E-state index contributed by atoms with van der Waals surface area (Å²) in [5, 5.41) is 1.73. The first kappa shape index (κ1) is 21.0. The Balaban J connectivity index is 2.18. The van der Waals surface area contributed by atoms with Crippen molar-refractivity contribution in [3.8, 4) is 5.69 Å². The monoisotopic (exact) mass is 417 g/mol. The van der Waals surface area contributed by atoms with Gasteiger partial charge >= 0.3 is 5.69 Å². The van der Waals surface area contributed by atoms with E-state index in [4.69, 9.17) is 0 Å². The summed E-state index contributed by atoms with van der Waals surface area (Å²) in [6.07, 6.45) is 1.64. The van der Waals surface area contributed by atoms with Gasteiger partial charge in [-0.05, 0) is 55.0 Å². The van der Waals surface area contributed by atoms with E-state index in [2.05, 4.69) is 0 Å². The van der Waals surface area contributed by atoms with Crippen molar-refractivity contribution in [1.29, 1.82) is 0 Å². The first-order valence-electron chi connectivity index (χ1n) is 9.66. The molecule has 2 aromatic heterocycles. The van der Waals surface area contributed by atoms with Gasteiger partial charge in [0.05, 0.1) is 11.2 Å². The van der Waals surface area contributed by atoms with E-state index >= 15 is 0 Å². The molecule has 0 aliphatic carbocycles. The molecule has 29 heavy (non-hydrogen) atoms. The molecule has 0 saturated heterocycles. The molecule has 0 N–H and O–H groups in total. The van der Waals surface area contributed by atoms with Crippen molar-refractivity contribution in [2.24, 2.45) is 0 Å². The van der Waals surface area contributed by atoms with E-state index in [9.17, 15) is 18.8 Å². The number of rotatable bonds is 7. The number of hydrogen-bond donors (Lipinski definition) is 0. The van der Waals surface area contributed by atoms with E-state index in [-0.39, 0.29) is 12.5 Å². The zero-order valence-corrected chi connectivity index (χ0v) is 17.6. The Bertz CT molecular complexity index is 1160. The predicted octanol–water partition coefficient (Wildman–Crippen LogP) is 3.31. The molecule has 3 aromatic rings. The number of fused-ring (bicyclic) bond motifs is 1. The van der Waals surface area contributed by atoms with Crippen LogP contribution < -0.4 is 11.2 Å². The summed E-state index contributed by atoms with van der Waals surface area (Å²) in [6.45, 7) is 6.72. The number of carbonyl (C=O) groups excluding carboxylic acids is 1. The highest BCUT2D eigenvalue weighted by molar-refractivity contribution is 7.17. The van der Waals surface area contributed by atoms with E-state index in [0.717, 1.165) is 17.4 Å². The largest absolute Gasteiger partial charge is 0.341 e. The van der Waals surface area contributed by atoms with Crippen LogP contribution in [-0.2, 0) is 11.3 Å². The van der Waals surface area contributed by atoms with Crippen LogP contribution in [0.1, 0.15) is 32.3 Å². The van der Waals surface area contributed by atoms with Crippen molar-refractivity contribution in [3.63, 3.8) is 0 Å². The Kier molecular flexibility index (Phi) is 6.32. The minimum atomic E-state index is -0.600. The van der Waals surface area contributed by atoms with Crippen LogP contribution in [0.4, 0.5) is 4.39 Å². The van der Waals surface area contributed by atoms with Crippen molar-refractivity contribution in [1.82, 2.24) is 14.0 Å². The van der Waals surface area contributed by atoms with Gasteiger partial charge in [-0.3, -0.25) is 14.2 Å². The molecule has 0 spiro atoms. The third-order valence-electron chi connectivity index (χ3n) is 4.79. The fourth-order valence-corrected chi connectivity index (χ4v) is 4.28. The Labute approximate surface area is 171 Å². The van der Waals surface area contributed by atoms with Gasteiger partial charge in [0.1, 0.15) is 17.1 Å². The van der Waals surface area contributed by atoms with Gasteiger partial charge in [0.25, 0.3) is 5.56 Å². The zero-order valence-electron chi connectivity index (χ0n) is 16.8. The molecule has 6 nitrogen and oxygen atoms in total. The number of nitrogens with zero attached hydrogens (tertiary/aromatic N) is 3. The van der Waals surface area contributed by atoms with E-state index < -0.39 is 17.1 Å². The molecule has 0 unspecified atom stereocenters. The van der Waals surface area contributed by atoms with E-state index in [0.29, 0.717) is 34.6 Å². The van der Waals surface area contributed by atoms with Crippen LogP contribution in [0.2, 0.25) is 0 Å². The highest BCUT2D eigenvalue weighted by atomic mass is 32.1. The Morgan fingerprint density at radius 3 is 2.45 bits per heavy atom. The summed E-state index contributed by atoms with van der Waals surface area (Å²) in [5.41, 5.74) is 0.171. The molecule has 0 radical (unpaired) electrons. The van der Waals surface area contributed by atoms with Crippen molar-refractivity contribution in [3.05, 3.63) is 61.9 Å². The van der Waals surface area contributed by atoms with Gasteiger partial charge in [0, 0.05) is 13.1 Å². The Morgan fingerprint density at radius 1 is 1.14 bits per heavy atom. The summed E-state index contributed by atoms with van der Waals surface area (Å²) >= 11 is 1.22. The maximum Gasteiger partial charge on any atom is 0.336 e. The molecule has 0 aliphatic rings. The number of amides is 1. The number of carbonyl (C=O) groups is 1. The van der Waals surface area contributed by atoms with Gasteiger partial charge < -0.3 is 4.90 Å². The predicted molar refractivity (Wildman–Crippen MR) is 114 cm³/mol. The maximum absolute atomic E-state index is 13.5. The minimum Gasteiger partial charge on any atom is -0.341 e. The number of aryl methyl sites for hydroxylation is 1. The standard InChI is InChI=1S/C21H24FN3O3S/c1-4-9-23(10-5-2)18(26)13-24-17-8-11-29-19(17)20(27)25(21(24)28)16-7-6-15(22)12-14(16)3/h6-8,11-12H,4-5,9-10,13H2,1-3H3. The van der Waals surface area contributed by atoms with Gasteiger partial charge in [0.2, 0.25) is 5.91 Å². The van der Waals surface area contributed by atoms with Gasteiger partial charge in [-0.1, -0.05) is 13.8 Å². The summed E-state index contributed by atoms with van der Waals surface area (Å²) < 4.78 is 16.3. The SMILES string of the molecule is CCCN(CCC)C(=O)Cn1c(=O)n(-c2ccc(F)cc2C)c(=O)c2sccc21. The molecule has 1 amide bonds. The second kappa shape index (κ2) is 8.73. The van der Waals surface area contributed by atoms with Crippen LogP contribution >= 0.6 is 11.3 Å². The molecule has 1 aromatic carbocycles. The summed E-state index contributed by atoms with van der Waals surface area (Å²) in [5.74, 6) is -0.605. The normalized spacial score (nSPS) is 11.2. The first-order chi connectivity index (χ1) is 13.9. The van der Waals surface area contributed by atoms with Gasteiger partial charge in [-0.25, -0.2) is 13.8 Å². The summed E-state index contributed by atoms with van der Waals surface area (Å²) in [6, 6.07) is 5.59. The highest BCUT2D eigenvalue weighted by Gasteiger charge is 2.20. The number of aromatic nitrogens is 2. The lowest BCUT2D eigenvalue weighted by atomic mass is 10.2. The maximum atomic E-state index is 13.5. The average Bonchev–Trinajstić information content (AvgIpc) is 3.16. The molecule has 154 valence electrons. The van der Waals surface area contributed by atoms with Crippen molar-refractivity contribution >= 4 is 27.5 Å². The van der Waals surface area contributed by atoms with Crippen LogP contribution in [0.15, 0.2) is 39.2 Å². The molecule has 0 bridgehead atoms. The van der Waals surface area contributed by atoms with E-state index in [1.54, 1.807) is 23.3 Å². The topological polar surface area (TPSA) is 64.3 Å². The molecule has 2 heterocycles. The number of benzene rings is 1. The Hall–Kier alpha value is -2.74. The minimum absolute atomic E-state index is 0.146. The van der Waals surface area contributed by atoms with Crippen LogP contribution in [0.5, 0.6) is 0 Å². The average molecular weight is 418 g/mol. The molecule has 0 atom stereocenters. The highest BCUT2D eigenvalue weighted by Crippen LogP contribution is 2.18. The van der Waals surface area contributed by atoms with Crippen LogP contribution in [0.3, 0.4) is 0 Å². The lowest BCUT2D eigenvalue weighted by Gasteiger charge is -2.22. The van der Waals surface area contributed by atoms with Crippen molar-refractivity contribution < 1.29 is 9.18 Å². The molecule has 0 aliphatic heterocycles. The summed E-state index contributed by atoms with van der Waals surface area (Å²) in [7, 11) is 0. The fraction of sp³-hybridized carbons (Fsp3) is 0.381.